The summed E-state index contributed by atoms with van der Waals surface area (Å²) in [4.78, 5) is 30.2. The molecule has 32 heavy (non-hydrogen) atoms. The molecule has 0 saturated carbocycles. The Morgan fingerprint density at radius 2 is 1.62 bits per heavy atom. The molecule has 0 bridgehead atoms. The Bertz CT molecular complexity index is 946. The zero-order valence-corrected chi connectivity index (χ0v) is 18.6. The van der Waals surface area contributed by atoms with Crippen LogP contribution in [-0.4, -0.2) is 65.0 Å². The molecule has 0 radical (unpaired) electrons. The van der Waals surface area contributed by atoms with E-state index in [0.717, 1.165) is 11.1 Å². The van der Waals surface area contributed by atoms with Crippen LogP contribution in [0.15, 0.2) is 60.7 Å². The van der Waals surface area contributed by atoms with Gasteiger partial charge in [0.25, 0.3) is 0 Å². The molecule has 0 aliphatic carbocycles. The maximum atomic E-state index is 13.6. The fraction of sp³-hybridized carbons (Fsp3) is 0.385. The van der Waals surface area contributed by atoms with Crippen LogP contribution in [0.25, 0.3) is 0 Å². The molecule has 6 nitrogen and oxygen atoms in total. The Kier molecular flexibility index (Phi) is 6.59. The fourth-order valence-corrected chi connectivity index (χ4v) is 4.80. The minimum Gasteiger partial charge on any atom is -0.336 e. The van der Waals surface area contributed by atoms with Crippen molar-refractivity contribution in [1.29, 1.82) is 0 Å². The maximum absolute atomic E-state index is 13.6. The number of hydrogen-bond acceptors (Lipinski definition) is 4. The van der Waals surface area contributed by atoms with Crippen molar-refractivity contribution in [2.45, 2.75) is 32.0 Å². The van der Waals surface area contributed by atoms with Crippen molar-refractivity contribution in [3.63, 3.8) is 0 Å². The SMILES string of the molecule is C#CCN1CC(=O)N2[C@H](CN(CC(c3ccccc3)c3ccccc3)C(=O)[C@@H]2C(C)C)N1. The molecule has 6 heteroatoms. The molecule has 2 amide bonds. The lowest BCUT2D eigenvalue weighted by Crippen LogP contribution is -2.75. The highest BCUT2D eigenvalue weighted by Gasteiger charge is 2.47. The number of nitrogens with one attached hydrogen (secondary N) is 1. The van der Waals surface area contributed by atoms with Crippen LogP contribution in [0.3, 0.4) is 0 Å². The number of nitrogens with zero attached hydrogens (tertiary/aromatic N) is 3. The third-order valence-corrected chi connectivity index (χ3v) is 6.26. The lowest BCUT2D eigenvalue weighted by atomic mass is 9.89. The van der Waals surface area contributed by atoms with Gasteiger partial charge in [-0.25, -0.2) is 10.4 Å². The zero-order chi connectivity index (χ0) is 22.7. The van der Waals surface area contributed by atoms with Crippen molar-refractivity contribution >= 4 is 11.8 Å². The molecule has 1 N–H and O–H groups in total. The topological polar surface area (TPSA) is 55.9 Å². The first kappa shape index (κ1) is 22.1. The van der Waals surface area contributed by atoms with E-state index in [0.29, 0.717) is 19.6 Å². The molecule has 166 valence electrons. The van der Waals surface area contributed by atoms with Crippen LogP contribution in [0.4, 0.5) is 0 Å². The van der Waals surface area contributed by atoms with Gasteiger partial charge in [-0.15, -0.1) is 6.42 Å². The average Bonchev–Trinajstić information content (AvgIpc) is 2.79. The monoisotopic (exact) mass is 430 g/mol. The molecule has 2 aliphatic heterocycles. The summed E-state index contributed by atoms with van der Waals surface area (Å²) in [5.41, 5.74) is 5.70. The predicted molar refractivity (Wildman–Crippen MR) is 124 cm³/mol. The summed E-state index contributed by atoms with van der Waals surface area (Å²) >= 11 is 0. The normalized spacial score (nSPS) is 21.7. The smallest absolute Gasteiger partial charge is 0.245 e. The number of piperazine rings is 1. The van der Waals surface area contributed by atoms with Gasteiger partial charge in [-0.3, -0.25) is 9.59 Å². The second kappa shape index (κ2) is 9.56. The Morgan fingerprint density at radius 1 is 1.03 bits per heavy atom. The summed E-state index contributed by atoms with van der Waals surface area (Å²) in [6, 6.07) is 20.1. The van der Waals surface area contributed by atoms with E-state index < -0.39 is 6.04 Å². The molecule has 2 saturated heterocycles. The second-order valence-electron chi connectivity index (χ2n) is 8.81. The Labute approximate surface area is 190 Å². The van der Waals surface area contributed by atoms with Crippen LogP contribution < -0.4 is 5.43 Å². The third kappa shape index (κ3) is 4.40. The van der Waals surface area contributed by atoms with E-state index >= 15 is 0 Å². The van der Waals surface area contributed by atoms with E-state index in [4.69, 9.17) is 6.42 Å². The lowest BCUT2D eigenvalue weighted by Gasteiger charge is -2.52. The zero-order valence-electron chi connectivity index (χ0n) is 18.6. The number of benzene rings is 2. The van der Waals surface area contributed by atoms with Gasteiger partial charge >= 0.3 is 0 Å². The maximum Gasteiger partial charge on any atom is 0.245 e. The summed E-state index contributed by atoms with van der Waals surface area (Å²) in [5.74, 6) is 2.59. The molecule has 4 rings (SSSR count). The fourth-order valence-electron chi connectivity index (χ4n) is 4.80. The van der Waals surface area contributed by atoms with Gasteiger partial charge in [-0.2, -0.15) is 0 Å². The quantitative estimate of drug-likeness (QED) is 0.715. The highest BCUT2D eigenvalue weighted by Crippen LogP contribution is 2.30. The number of amides is 2. The summed E-state index contributed by atoms with van der Waals surface area (Å²) in [5, 5.41) is 1.76. The van der Waals surface area contributed by atoms with E-state index in [1.807, 2.05) is 55.1 Å². The van der Waals surface area contributed by atoms with Crippen LogP contribution in [0.2, 0.25) is 0 Å². The molecule has 2 aromatic carbocycles. The van der Waals surface area contributed by atoms with Gasteiger partial charge in [0.05, 0.1) is 19.6 Å². The standard InChI is InChI=1S/C26H30N4O2/c1-4-15-29-18-24(31)30-23(27-29)17-28(26(32)25(30)19(2)3)16-22(20-11-7-5-8-12-20)21-13-9-6-10-14-21/h1,5-14,19,22-23,25,27H,15-18H2,2-3H3/t23-,25+/m1/s1. The molecule has 2 aromatic rings. The van der Waals surface area contributed by atoms with E-state index in [2.05, 4.69) is 35.6 Å². The molecule has 2 aliphatic rings. The summed E-state index contributed by atoms with van der Waals surface area (Å²) in [7, 11) is 0. The van der Waals surface area contributed by atoms with E-state index in [1.165, 1.54) is 0 Å². The number of carbonyl (C=O) groups excluding carboxylic acids is 2. The first-order valence-corrected chi connectivity index (χ1v) is 11.1. The molecule has 2 fully saturated rings. The lowest BCUT2D eigenvalue weighted by molar-refractivity contribution is -0.170. The molecule has 0 aromatic heterocycles. The van der Waals surface area contributed by atoms with E-state index in [9.17, 15) is 9.59 Å². The minimum absolute atomic E-state index is 0.00429. The van der Waals surface area contributed by atoms with Crippen molar-refractivity contribution < 1.29 is 9.59 Å². The highest BCUT2D eigenvalue weighted by molar-refractivity contribution is 5.90. The van der Waals surface area contributed by atoms with E-state index in [1.54, 1.807) is 9.91 Å². The van der Waals surface area contributed by atoms with Gasteiger partial charge < -0.3 is 9.80 Å². The number of hydrogen-bond donors (Lipinski definition) is 1. The number of hydrazine groups is 1. The van der Waals surface area contributed by atoms with Crippen molar-refractivity contribution in [2.75, 3.05) is 26.2 Å². The third-order valence-electron chi connectivity index (χ3n) is 6.26. The molecule has 0 spiro atoms. The van der Waals surface area contributed by atoms with Crippen molar-refractivity contribution in [3.8, 4) is 12.3 Å². The Hall–Kier alpha value is -3.14. The number of terminal acetylenes is 1. The first-order chi connectivity index (χ1) is 15.5. The Balaban J connectivity index is 1.65. The molecular weight excluding hydrogens is 400 g/mol. The largest absolute Gasteiger partial charge is 0.336 e. The summed E-state index contributed by atoms with van der Waals surface area (Å²) in [6.45, 7) is 5.48. The average molecular weight is 431 g/mol. The van der Waals surface area contributed by atoms with Crippen LogP contribution in [0.1, 0.15) is 30.9 Å². The van der Waals surface area contributed by atoms with Gasteiger partial charge in [-0.1, -0.05) is 80.4 Å². The van der Waals surface area contributed by atoms with Crippen LogP contribution in [0, 0.1) is 18.3 Å². The highest BCUT2D eigenvalue weighted by atomic mass is 16.2. The van der Waals surface area contributed by atoms with Crippen LogP contribution in [0.5, 0.6) is 0 Å². The van der Waals surface area contributed by atoms with Gasteiger partial charge in [-0.05, 0) is 17.0 Å². The van der Waals surface area contributed by atoms with Crippen molar-refractivity contribution in [2.24, 2.45) is 5.92 Å². The molecule has 0 unspecified atom stereocenters. The predicted octanol–water partition coefficient (Wildman–Crippen LogP) is 2.29. The molecule has 2 heterocycles. The molecule has 2 atom stereocenters. The van der Waals surface area contributed by atoms with Crippen LogP contribution in [-0.2, 0) is 9.59 Å². The number of carbonyl (C=O) groups is 2. The Morgan fingerprint density at radius 3 is 2.16 bits per heavy atom. The number of rotatable bonds is 6. The first-order valence-electron chi connectivity index (χ1n) is 11.1. The minimum atomic E-state index is -0.492. The van der Waals surface area contributed by atoms with Crippen molar-refractivity contribution in [1.82, 2.24) is 20.2 Å². The van der Waals surface area contributed by atoms with Crippen molar-refractivity contribution in [3.05, 3.63) is 71.8 Å². The van der Waals surface area contributed by atoms with Gasteiger partial charge in [0.1, 0.15) is 12.2 Å². The van der Waals surface area contributed by atoms with Gasteiger partial charge in [0.2, 0.25) is 11.8 Å². The van der Waals surface area contributed by atoms with Gasteiger partial charge in [0, 0.05) is 12.5 Å². The molecular formula is C26H30N4O2. The van der Waals surface area contributed by atoms with Gasteiger partial charge in [0.15, 0.2) is 0 Å². The summed E-state index contributed by atoms with van der Waals surface area (Å²) in [6.07, 6.45) is 5.18. The summed E-state index contributed by atoms with van der Waals surface area (Å²) < 4.78 is 0. The second-order valence-corrected chi connectivity index (χ2v) is 8.81. The number of fused-ring (bicyclic) bond motifs is 1. The van der Waals surface area contributed by atoms with Crippen LogP contribution >= 0.6 is 0 Å². The van der Waals surface area contributed by atoms with E-state index in [-0.39, 0.29) is 36.4 Å².